The van der Waals surface area contributed by atoms with Crippen molar-refractivity contribution in [2.45, 2.75) is 13.8 Å². The molecular weight excluding hydrogens is 458 g/mol. The topological polar surface area (TPSA) is 88.7 Å². The Labute approximate surface area is 183 Å². The van der Waals surface area contributed by atoms with E-state index in [1.54, 1.807) is 42.5 Å². The zero-order chi connectivity index (χ0) is 21.2. The van der Waals surface area contributed by atoms with Crippen LogP contribution in [0.2, 0.25) is 0 Å². The number of hydrazine groups is 1. The second-order valence-electron chi connectivity index (χ2n) is 6.40. The number of halogens is 1. The van der Waals surface area contributed by atoms with Gasteiger partial charge >= 0.3 is 0 Å². The maximum atomic E-state index is 12.6. The highest BCUT2D eigenvalue weighted by atomic mass is 79.9. The Morgan fingerprint density at radius 3 is 2.48 bits per heavy atom. The molecule has 0 spiro atoms. The van der Waals surface area contributed by atoms with Crippen LogP contribution in [0.5, 0.6) is 11.5 Å². The lowest BCUT2D eigenvalue weighted by Gasteiger charge is -2.15. The number of para-hydroxylation sites is 1. The molecule has 2 aromatic rings. The Bertz CT molecular complexity index is 862. The molecule has 0 aromatic heterocycles. The first-order chi connectivity index (χ1) is 13.8. The lowest BCUT2D eigenvalue weighted by molar-refractivity contribution is -0.123. The summed E-state index contributed by atoms with van der Waals surface area (Å²) in [6.07, 6.45) is 0. The highest BCUT2D eigenvalue weighted by Crippen LogP contribution is 2.23. The van der Waals surface area contributed by atoms with E-state index in [0.717, 1.165) is 4.47 Å². The predicted molar refractivity (Wildman–Crippen MR) is 118 cm³/mol. The molecule has 0 atom stereocenters. The summed E-state index contributed by atoms with van der Waals surface area (Å²) < 4.78 is 11.7. The average molecular weight is 480 g/mol. The highest BCUT2D eigenvalue weighted by molar-refractivity contribution is 9.10. The summed E-state index contributed by atoms with van der Waals surface area (Å²) >= 11 is 8.40. The maximum absolute atomic E-state index is 12.6. The van der Waals surface area contributed by atoms with Crippen LogP contribution < -0.4 is 25.6 Å². The zero-order valence-electron chi connectivity index (χ0n) is 16.0. The second kappa shape index (κ2) is 11.4. The van der Waals surface area contributed by atoms with Crippen molar-refractivity contribution in [1.29, 1.82) is 0 Å². The summed E-state index contributed by atoms with van der Waals surface area (Å²) in [6.45, 7) is 4.30. The van der Waals surface area contributed by atoms with Gasteiger partial charge in [0.25, 0.3) is 11.8 Å². The van der Waals surface area contributed by atoms with Gasteiger partial charge in [0.05, 0.1) is 12.2 Å². The van der Waals surface area contributed by atoms with Gasteiger partial charge in [0.1, 0.15) is 11.5 Å². The van der Waals surface area contributed by atoms with Crippen LogP contribution in [-0.2, 0) is 4.79 Å². The van der Waals surface area contributed by atoms with Crippen LogP contribution in [0.4, 0.5) is 0 Å². The molecule has 0 saturated carbocycles. The van der Waals surface area contributed by atoms with Gasteiger partial charge in [0, 0.05) is 4.47 Å². The van der Waals surface area contributed by atoms with E-state index in [1.165, 1.54) is 0 Å². The maximum Gasteiger partial charge on any atom is 0.276 e. The molecule has 0 aliphatic rings. The first kappa shape index (κ1) is 22.6. The molecule has 3 N–H and O–H groups in total. The molecule has 0 saturated heterocycles. The van der Waals surface area contributed by atoms with Gasteiger partial charge in [-0.2, -0.15) is 0 Å². The molecule has 0 radical (unpaired) electrons. The average Bonchev–Trinajstić information content (AvgIpc) is 2.70. The van der Waals surface area contributed by atoms with Crippen molar-refractivity contribution in [3.63, 3.8) is 0 Å². The monoisotopic (exact) mass is 479 g/mol. The number of thiocarbonyl (C=S) groups is 1. The normalized spacial score (nSPS) is 10.2. The van der Waals surface area contributed by atoms with E-state index in [0.29, 0.717) is 29.6 Å². The van der Waals surface area contributed by atoms with Crippen LogP contribution in [0.15, 0.2) is 53.0 Å². The van der Waals surface area contributed by atoms with Crippen LogP contribution in [-0.4, -0.2) is 30.1 Å². The molecule has 0 unspecified atom stereocenters. The quantitative estimate of drug-likeness (QED) is 0.417. The smallest absolute Gasteiger partial charge is 0.276 e. The third-order valence-electron chi connectivity index (χ3n) is 3.41. The second-order valence-corrected chi connectivity index (χ2v) is 7.73. The Morgan fingerprint density at radius 1 is 1.07 bits per heavy atom. The molecule has 2 aromatic carbocycles. The summed E-state index contributed by atoms with van der Waals surface area (Å²) in [5.41, 5.74) is 5.16. The van der Waals surface area contributed by atoms with Crippen molar-refractivity contribution >= 4 is 45.1 Å². The minimum absolute atomic E-state index is 0.0575. The molecule has 2 amide bonds. The van der Waals surface area contributed by atoms with Crippen molar-refractivity contribution in [2.24, 2.45) is 5.92 Å². The molecular formula is C20H22BrN3O4S. The van der Waals surface area contributed by atoms with Crippen molar-refractivity contribution in [3.8, 4) is 11.5 Å². The minimum Gasteiger partial charge on any atom is -0.492 e. The Kier molecular flexibility index (Phi) is 8.88. The fourth-order valence-electron chi connectivity index (χ4n) is 2.09. The molecule has 2 rings (SSSR count). The fourth-order valence-corrected chi connectivity index (χ4v) is 2.60. The molecule has 0 aliphatic carbocycles. The number of nitrogens with one attached hydrogen (secondary N) is 3. The lowest BCUT2D eigenvalue weighted by Crippen LogP contribution is -2.49. The Hall–Kier alpha value is -2.65. The third kappa shape index (κ3) is 8.08. The largest absolute Gasteiger partial charge is 0.492 e. The van der Waals surface area contributed by atoms with Gasteiger partial charge in [-0.05, 0) is 48.5 Å². The number of hydrogen-bond acceptors (Lipinski definition) is 5. The lowest BCUT2D eigenvalue weighted by atomic mass is 10.2. The number of carbonyl (C=O) groups excluding carboxylic acids is 2. The van der Waals surface area contributed by atoms with Crippen LogP contribution in [0.1, 0.15) is 24.2 Å². The van der Waals surface area contributed by atoms with E-state index < -0.39 is 11.8 Å². The van der Waals surface area contributed by atoms with Crippen molar-refractivity contribution in [2.75, 3.05) is 13.2 Å². The molecule has 29 heavy (non-hydrogen) atoms. The number of hydrogen-bond donors (Lipinski definition) is 3. The van der Waals surface area contributed by atoms with E-state index in [-0.39, 0.29) is 11.7 Å². The number of carbonyl (C=O) groups is 2. The summed E-state index contributed by atoms with van der Waals surface area (Å²) in [4.78, 5) is 24.4. The number of ether oxygens (including phenoxy) is 2. The van der Waals surface area contributed by atoms with E-state index in [4.69, 9.17) is 21.7 Å². The predicted octanol–water partition coefficient (Wildman–Crippen LogP) is 3.20. The zero-order valence-corrected chi connectivity index (χ0v) is 18.4. The van der Waals surface area contributed by atoms with Crippen molar-refractivity contribution < 1.29 is 19.1 Å². The molecule has 0 aliphatic heterocycles. The summed E-state index contributed by atoms with van der Waals surface area (Å²) in [5, 5.41) is 2.45. The van der Waals surface area contributed by atoms with E-state index >= 15 is 0 Å². The van der Waals surface area contributed by atoms with Crippen LogP contribution in [0.25, 0.3) is 0 Å². The van der Waals surface area contributed by atoms with Crippen LogP contribution in [0, 0.1) is 5.92 Å². The molecule has 0 bridgehead atoms. The molecule has 0 fully saturated rings. The summed E-state index contributed by atoms with van der Waals surface area (Å²) in [5.74, 6) is 0.418. The van der Waals surface area contributed by atoms with Crippen LogP contribution >= 0.6 is 28.1 Å². The molecule has 9 heteroatoms. The number of amides is 2. The number of rotatable bonds is 7. The van der Waals surface area contributed by atoms with Gasteiger partial charge in [0.15, 0.2) is 11.7 Å². The standard InChI is InChI=1S/C20H22BrN3O4S/c1-13(2)11-28-17-9-8-14(21)10-16(17)19(26)22-20(29)24-23-18(25)12-27-15-6-4-3-5-7-15/h3-10,13H,11-12H2,1-2H3,(H,23,25)(H2,22,24,26,29). The first-order valence-electron chi connectivity index (χ1n) is 8.85. The van der Waals surface area contributed by atoms with Gasteiger partial charge in [-0.25, -0.2) is 0 Å². The molecule has 154 valence electrons. The SMILES string of the molecule is CC(C)COc1ccc(Br)cc1C(=O)NC(=S)NNC(=O)COc1ccccc1. The van der Waals surface area contributed by atoms with Gasteiger partial charge < -0.3 is 9.47 Å². The van der Waals surface area contributed by atoms with E-state index in [1.807, 2.05) is 19.9 Å². The van der Waals surface area contributed by atoms with Gasteiger partial charge in [-0.1, -0.05) is 48.0 Å². The summed E-state index contributed by atoms with van der Waals surface area (Å²) in [6, 6.07) is 14.1. The van der Waals surface area contributed by atoms with Crippen molar-refractivity contribution in [1.82, 2.24) is 16.2 Å². The molecule has 0 heterocycles. The Balaban J connectivity index is 1.84. The molecule has 7 nitrogen and oxygen atoms in total. The fraction of sp³-hybridized carbons (Fsp3) is 0.250. The third-order valence-corrected chi connectivity index (χ3v) is 4.11. The van der Waals surface area contributed by atoms with E-state index in [2.05, 4.69) is 32.1 Å². The van der Waals surface area contributed by atoms with Gasteiger partial charge in [-0.15, -0.1) is 0 Å². The highest BCUT2D eigenvalue weighted by Gasteiger charge is 2.15. The van der Waals surface area contributed by atoms with Crippen LogP contribution in [0.3, 0.4) is 0 Å². The van der Waals surface area contributed by atoms with E-state index in [9.17, 15) is 9.59 Å². The Morgan fingerprint density at radius 2 is 1.79 bits per heavy atom. The van der Waals surface area contributed by atoms with Crippen molar-refractivity contribution in [3.05, 3.63) is 58.6 Å². The minimum atomic E-state index is -0.461. The summed E-state index contributed by atoms with van der Waals surface area (Å²) in [7, 11) is 0. The number of benzene rings is 2. The first-order valence-corrected chi connectivity index (χ1v) is 10.1. The van der Waals surface area contributed by atoms with Gasteiger partial charge in [0.2, 0.25) is 0 Å². The van der Waals surface area contributed by atoms with Gasteiger partial charge in [-0.3, -0.25) is 25.8 Å².